The van der Waals surface area contributed by atoms with Crippen LogP contribution in [0.15, 0.2) is 162 Å². The highest BCUT2D eigenvalue weighted by atomic mass is 32.1. The minimum atomic E-state index is -0.838. The van der Waals surface area contributed by atoms with Crippen LogP contribution in [0.25, 0.3) is 104 Å². The number of benzene rings is 7. The Morgan fingerprint density at radius 3 is 2.25 bits per heavy atom. The Balaban J connectivity index is 1.35. The predicted octanol–water partition coefficient (Wildman–Crippen LogP) is 12.2. The topological polar surface area (TPSA) is 56.7 Å². The number of para-hydroxylation sites is 3. The quantitative estimate of drug-likeness (QED) is 0.185. The van der Waals surface area contributed by atoms with Crippen molar-refractivity contribution in [1.29, 1.82) is 0 Å². The number of thiophene rings is 1. The van der Waals surface area contributed by atoms with E-state index in [-0.39, 0.29) is 58.9 Å². The zero-order chi connectivity index (χ0) is 50.0. The van der Waals surface area contributed by atoms with Gasteiger partial charge in [-0.2, -0.15) is 9.97 Å². The Kier molecular flexibility index (Phi) is 3.32. The molecule has 6 heteroatoms. The van der Waals surface area contributed by atoms with Crippen LogP contribution in [0.3, 0.4) is 0 Å². The first-order valence-electron chi connectivity index (χ1n) is 24.9. The summed E-state index contributed by atoms with van der Waals surface area (Å²) in [5.41, 5.74) is -1.46. The van der Waals surface area contributed by atoms with Crippen LogP contribution in [0.5, 0.6) is 0 Å². The highest BCUT2D eigenvalue weighted by molar-refractivity contribution is 7.26. The van der Waals surface area contributed by atoms with E-state index in [0.717, 1.165) is 15.9 Å². The first-order valence-corrected chi connectivity index (χ1v) is 16.2. The monoisotopic (exact) mass is 689 g/mol. The molecule has 5 nitrogen and oxygen atoms in total. The molecule has 0 saturated heterocycles. The van der Waals surface area contributed by atoms with Crippen LogP contribution in [0.4, 0.5) is 0 Å². The van der Waals surface area contributed by atoms with Gasteiger partial charge in [0.05, 0.1) is 42.6 Å². The van der Waals surface area contributed by atoms with E-state index in [0.29, 0.717) is 16.4 Å². The van der Waals surface area contributed by atoms with Gasteiger partial charge in [-0.25, -0.2) is 4.98 Å². The molecule has 0 aliphatic heterocycles. The van der Waals surface area contributed by atoms with E-state index in [1.165, 1.54) is 0 Å². The summed E-state index contributed by atoms with van der Waals surface area (Å²) in [6.45, 7) is 0. The average molecular weight is 690 g/mol. The van der Waals surface area contributed by atoms with E-state index in [1.54, 1.807) is 36.4 Å². The summed E-state index contributed by atoms with van der Waals surface area (Å²) >= 11 is 0.838. The Labute approximate surface area is 322 Å². The standard InChI is InChI=1S/C45H26N4OS/c1-2-12-27(13-3-1)28-14-10-15-29(26-28)43-46-44(35-20-11-19-32-30-16-5-8-22-38(30)50-41(32)35)48-45(47-43)49-36-21-7-4-18-34(36)40-37(49)25-24-33-31-17-6-9-23-39(31)51-42(33)40/h1-26H/i1D,2D,3D,4D,6D,7D,9D,10D,12D,13D,14D,15D,17D,18D,21D,23D,24D,25D,26D. The van der Waals surface area contributed by atoms with Crippen LogP contribution in [0.1, 0.15) is 26.0 Å². The molecule has 11 aromatic rings. The lowest BCUT2D eigenvalue weighted by Crippen LogP contribution is -2.06. The number of nitrogens with zero attached hydrogens (tertiary/aromatic N) is 4. The van der Waals surface area contributed by atoms with E-state index < -0.39 is 143 Å². The summed E-state index contributed by atoms with van der Waals surface area (Å²) < 4.78 is 176. The average Bonchev–Trinajstić information content (AvgIpc) is 4.05. The van der Waals surface area contributed by atoms with Crippen molar-refractivity contribution >= 4 is 75.3 Å². The molecule has 0 fully saturated rings. The first kappa shape index (κ1) is 15.5. The highest BCUT2D eigenvalue weighted by Crippen LogP contribution is 2.43. The summed E-state index contributed by atoms with van der Waals surface area (Å²) in [5.74, 6) is -1.32. The van der Waals surface area contributed by atoms with Gasteiger partial charge in [0.2, 0.25) is 5.95 Å². The predicted molar refractivity (Wildman–Crippen MR) is 211 cm³/mol. The molecule has 7 aromatic carbocycles. The second-order valence-corrected chi connectivity index (χ2v) is 12.4. The number of hydrogen-bond acceptors (Lipinski definition) is 5. The normalized spacial score (nSPS) is 17.1. The van der Waals surface area contributed by atoms with Gasteiger partial charge in [-0.1, -0.05) is 121 Å². The number of fused-ring (bicyclic) bond motifs is 10. The molecule has 0 bridgehead atoms. The van der Waals surface area contributed by atoms with Crippen LogP contribution in [-0.2, 0) is 0 Å². The third-order valence-electron chi connectivity index (χ3n) is 8.54. The molecule has 0 unspecified atom stereocenters. The summed E-state index contributed by atoms with van der Waals surface area (Å²) in [7, 11) is 0. The first-order chi connectivity index (χ1) is 33.2. The van der Waals surface area contributed by atoms with Crippen molar-refractivity contribution in [3.05, 3.63) is 157 Å². The van der Waals surface area contributed by atoms with Crippen molar-refractivity contribution < 1.29 is 30.5 Å². The lowest BCUT2D eigenvalue weighted by Gasteiger charge is -2.12. The van der Waals surface area contributed by atoms with E-state index in [4.69, 9.17) is 37.2 Å². The van der Waals surface area contributed by atoms with Crippen LogP contribution in [-0.4, -0.2) is 19.5 Å². The zero-order valence-electron chi connectivity index (χ0n) is 44.6. The summed E-state index contributed by atoms with van der Waals surface area (Å²) in [5, 5.41) is 0.939. The molecular formula is C45H26N4OS. The second kappa shape index (κ2) is 10.9. The number of furan rings is 1. The minimum absolute atomic E-state index is 0.0247. The van der Waals surface area contributed by atoms with Crippen molar-refractivity contribution in [2.45, 2.75) is 0 Å². The van der Waals surface area contributed by atoms with Gasteiger partial charge in [0.25, 0.3) is 0 Å². The van der Waals surface area contributed by atoms with Gasteiger partial charge in [-0.3, -0.25) is 4.57 Å². The van der Waals surface area contributed by atoms with Gasteiger partial charge < -0.3 is 4.42 Å². The molecule has 0 spiro atoms. The van der Waals surface area contributed by atoms with Crippen molar-refractivity contribution in [3.8, 4) is 39.9 Å². The molecule has 0 amide bonds. The molecule has 238 valence electrons. The maximum atomic E-state index is 9.63. The zero-order valence-corrected chi connectivity index (χ0v) is 26.5. The number of hydrogen-bond donors (Lipinski definition) is 0. The fraction of sp³-hybridized carbons (Fsp3) is 0. The van der Waals surface area contributed by atoms with E-state index in [9.17, 15) is 8.22 Å². The molecule has 0 saturated carbocycles. The second-order valence-electron chi connectivity index (χ2n) is 11.4. The van der Waals surface area contributed by atoms with Crippen LogP contribution in [0.2, 0.25) is 0 Å². The fourth-order valence-electron chi connectivity index (χ4n) is 6.35. The molecule has 0 radical (unpaired) electrons. The molecule has 0 N–H and O–H groups in total. The van der Waals surface area contributed by atoms with Gasteiger partial charge in [0.15, 0.2) is 11.6 Å². The molecule has 11 rings (SSSR count). The lowest BCUT2D eigenvalue weighted by atomic mass is 10.0. The molecule has 0 aliphatic carbocycles. The molecule has 0 atom stereocenters. The largest absolute Gasteiger partial charge is 0.455 e. The third kappa shape index (κ3) is 4.30. The van der Waals surface area contributed by atoms with Crippen molar-refractivity contribution in [3.63, 3.8) is 0 Å². The Hall–Kier alpha value is -6.63. The highest BCUT2D eigenvalue weighted by Gasteiger charge is 2.22. The Morgan fingerprint density at radius 2 is 1.31 bits per heavy atom. The summed E-state index contributed by atoms with van der Waals surface area (Å²) in [6, 6.07) is -0.824. The molecule has 51 heavy (non-hydrogen) atoms. The summed E-state index contributed by atoms with van der Waals surface area (Å²) in [6.07, 6.45) is 0. The lowest BCUT2D eigenvalue weighted by molar-refractivity contribution is 0.669. The minimum Gasteiger partial charge on any atom is -0.455 e. The smallest absolute Gasteiger partial charge is 0.238 e. The van der Waals surface area contributed by atoms with Crippen LogP contribution < -0.4 is 0 Å². The van der Waals surface area contributed by atoms with Gasteiger partial charge in [0.1, 0.15) is 11.2 Å². The van der Waals surface area contributed by atoms with Crippen molar-refractivity contribution in [2.75, 3.05) is 0 Å². The van der Waals surface area contributed by atoms with E-state index in [2.05, 4.69) is 0 Å². The molecule has 4 aromatic heterocycles. The third-order valence-corrected chi connectivity index (χ3v) is 9.66. The van der Waals surface area contributed by atoms with Gasteiger partial charge in [0, 0.05) is 47.3 Å². The van der Waals surface area contributed by atoms with Gasteiger partial charge in [-0.15, -0.1) is 11.3 Å². The van der Waals surface area contributed by atoms with Crippen molar-refractivity contribution in [1.82, 2.24) is 19.5 Å². The summed E-state index contributed by atoms with van der Waals surface area (Å²) in [4.78, 5) is 14.3. The van der Waals surface area contributed by atoms with Crippen LogP contribution in [0, 0.1) is 0 Å². The maximum Gasteiger partial charge on any atom is 0.238 e. The van der Waals surface area contributed by atoms with Gasteiger partial charge in [-0.05, 0) is 47.4 Å². The maximum absolute atomic E-state index is 9.63. The van der Waals surface area contributed by atoms with E-state index in [1.807, 2.05) is 6.07 Å². The Morgan fingerprint density at radius 1 is 0.549 bits per heavy atom. The number of rotatable bonds is 4. The van der Waals surface area contributed by atoms with Crippen molar-refractivity contribution in [2.24, 2.45) is 0 Å². The molecular weight excluding hydrogens is 645 g/mol. The molecule has 4 heterocycles. The van der Waals surface area contributed by atoms with Crippen LogP contribution >= 0.6 is 11.3 Å². The fourth-order valence-corrected chi connectivity index (χ4v) is 7.47. The van der Waals surface area contributed by atoms with E-state index >= 15 is 0 Å². The van der Waals surface area contributed by atoms with Gasteiger partial charge >= 0.3 is 0 Å². The number of aromatic nitrogens is 4. The Bertz CT molecular complexity index is 4230. The molecule has 0 aliphatic rings. The SMILES string of the molecule is [2H]c1c([2H])c([2H])c(-c2c([2H])c([2H])c([2H])c(-c3nc(-c4cccc5c4oc4ccccc45)nc(-n4c5c([2H])c([2H])c([2H])c([2H])c5c5c6sc7c([2H])c([2H])c([2H])c([2H])c7c6c([2H])c([2H])c54)n3)c2[2H])c([2H])c1[2H].